The van der Waals surface area contributed by atoms with Crippen molar-refractivity contribution < 1.29 is 18.3 Å². The minimum Gasteiger partial charge on any atom is -0.497 e. The first-order valence-electron chi connectivity index (χ1n) is 8.99. The summed E-state index contributed by atoms with van der Waals surface area (Å²) in [5.41, 5.74) is 1.26. The van der Waals surface area contributed by atoms with Crippen LogP contribution in [0.15, 0.2) is 52.1 Å². The number of nitrogens with zero attached hydrogens (tertiary/aromatic N) is 6. The van der Waals surface area contributed by atoms with Gasteiger partial charge in [0, 0.05) is 5.56 Å². The summed E-state index contributed by atoms with van der Waals surface area (Å²) in [7, 11) is 1.58. The predicted octanol–water partition coefficient (Wildman–Crippen LogP) is 2.90. The zero-order chi connectivity index (χ0) is 21.8. The fourth-order valence-electron chi connectivity index (χ4n) is 2.64. The van der Waals surface area contributed by atoms with Gasteiger partial charge < -0.3 is 14.5 Å². The molecule has 158 valence electrons. The lowest BCUT2D eigenvalue weighted by Gasteiger charge is -2.08. The molecule has 0 bridgehead atoms. The summed E-state index contributed by atoms with van der Waals surface area (Å²) in [6, 6.07) is 11.3. The third-order valence-corrected chi connectivity index (χ3v) is 4.98. The Morgan fingerprint density at radius 3 is 2.71 bits per heavy atom. The number of carbonyl (C=O) groups excluding carboxylic acids is 1. The van der Waals surface area contributed by atoms with Gasteiger partial charge in [-0.1, -0.05) is 11.8 Å². The number of hydrogen-bond acceptors (Lipinski definition) is 9. The molecule has 0 saturated heterocycles. The second-order valence-electron chi connectivity index (χ2n) is 6.24. The van der Waals surface area contributed by atoms with Gasteiger partial charge >= 0.3 is 0 Å². The van der Waals surface area contributed by atoms with Crippen molar-refractivity contribution in [1.82, 2.24) is 30.4 Å². The van der Waals surface area contributed by atoms with Crippen molar-refractivity contribution in [2.75, 3.05) is 18.2 Å². The number of nitrogens with one attached hydrogen (secondary N) is 1. The molecule has 2 aromatic carbocycles. The van der Waals surface area contributed by atoms with Crippen LogP contribution in [0.1, 0.15) is 5.82 Å². The number of hydrogen-bond donors (Lipinski definition) is 1. The third kappa shape index (κ3) is 4.69. The first kappa shape index (κ1) is 20.5. The molecule has 0 fully saturated rings. The number of halogens is 1. The molecule has 12 heteroatoms. The van der Waals surface area contributed by atoms with Crippen molar-refractivity contribution in [3.63, 3.8) is 0 Å². The number of carbonyl (C=O) groups is 1. The number of aromatic nitrogens is 6. The molecule has 0 aliphatic carbocycles. The number of amides is 1. The highest BCUT2D eigenvalue weighted by Crippen LogP contribution is 2.25. The smallest absolute Gasteiger partial charge is 0.277 e. The fraction of sp³-hybridized carbons (Fsp3) is 0.158. The second kappa shape index (κ2) is 8.92. The highest BCUT2D eigenvalue weighted by Gasteiger charge is 2.14. The van der Waals surface area contributed by atoms with E-state index < -0.39 is 11.7 Å². The largest absolute Gasteiger partial charge is 0.497 e. The number of anilines is 1. The van der Waals surface area contributed by atoms with Gasteiger partial charge in [0.05, 0.1) is 24.2 Å². The molecular weight excluding hydrogens is 425 g/mol. The topological polar surface area (TPSA) is 121 Å². The Bertz CT molecular complexity index is 1210. The number of methoxy groups -OCH3 is 1. The Kier molecular flexibility index (Phi) is 5.89. The number of benzene rings is 2. The monoisotopic (exact) mass is 441 g/mol. The molecule has 0 unspecified atom stereocenters. The summed E-state index contributed by atoms with van der Waals surface area (Å²) < 4.78 is 26.3. The summed E-state index contributed by atoms with van der Waals surface area (Å²) in [6.07, 6.45) is 0. The van der Waals surface area contributed by atoms with Gasteiger partial charge in [0.25, 0.3) is 5.22 Å². The van der Waals surface area contributed by atoms with Gasteiger partial charge in [-0.15, -0.1) is 15.3 Å². The van der Waals surface area contributed by atoms with Crippen molar-refractivity contribution in [2.45, 2.75) is 12.1 Å². The summed E-state index contributed by atoms with van der Waals surface area (Å²) in [5, 5.41) is 21.8. The van der Waals surface area contributed by atoms with E-state index >= 15 is 0 Å². The maximum Gasteiger partial charge on any atom is 0.277 e. The summed E-state index contributed by atoms with van der Waals surface area (Å²) in [5.74, 6) is 0.509. The van der Waals surface area contributed by atoms with Gasteiger partial charge in [0.2, 0.25) is 11.8 Å². The average Bonchev–Trinajstić information content (AvgIpc) is 3.43. The molecule has 0 aliphatic heterocycles. The van der Waals surface area contributed by atoms with E-state index in [1.165, 1.54) is 22.9 Å². The Labute approximate surface area is 179 Å². The van der Waals surface area contributed by atoms with Crippen molar-refractivity contribution in [2.24, 2.45) is 0 Å². The molecule has 0 aliphatic rings. The second-order valence-corrected chi connectivity index (χ2v) is 7.17. The molecular formula is C19H16FN7O3S. The van der Waals surface area contributed by atoms with E-state index in [0.717, 1.165) is 17.3 Å². The normalized spacial score (nSPS) is 10.8. The quantitative estimate of drug-likeness (QED) is 0.432. The first-order chi connectivity index (χ1) is 15.0. The number of thioether (sulfide) groups is 1. The molecule has 0 spiro atoms. The third-order valence-electron chi connectivity index (χ3n) is 4.16. The minimum absolute atomic E-state index is 0.0162. The molecule has 1 N–H and O–H groups in total. The molecule has 31 heavy (non-hydrogen) atoms. The van der Waals surface area contributed by atoms with E-state index in [1.54, 1.807) is 38.3 Å². The molecule has 1 amide bonds. The van der Waals surface area contributed by atoms with E-state index in [1.807, 2.05) is 0 Å². The summed E-state index contributed by atoms with van der Waals surface area (Å²) in [4.78, 5) is 12.3. The number of aryl methyl sites for hydroxylation is 1. The first-order valence-corrected chi connectivity index (χ1v) is 9.97. The summed E-state index contributed by atoms with van der Waals surface area (Å²) >= 11 is 1.04. The van der Waals surface area contributed by atoms with E-state index in [4.69, 9.17) is 9.15 Å². The van der Waals surface area contributed by atoms with Gasteiger partial charge in [-0.2, -0.15) is 4.68 Å². The van der Waals surface area contributed by atoms with E-state index in [2.05, 4.69) is 31.0 Å². The van der Waals surface area contributed by atoms with Crippen LogP contribution in [0.4, 0.5) is 10.1 Å². The predicted molar refractivity (Wildman–Crippen MR) is 109 cm³/mol. The standard InChI is InChI=1S/C19H16FN7O3S/c1-11-22-25-26-27(11)13-5-8-15(20)16(9-13)21-17(28)10-31-19-24-23-18(30-19)12-3-6-14(29-2)7-4-12/h3-9H,10H2,1-2H3,(H,21,28). The Hall–Kier alpha value is -3.80. The highest BCUT2D eigenvalue weighted by molar-refractivity contribution is 7.99. The number of rotatable bonds is 7. The van der Waals surface area contributed by atoms with Crippen LogP contribution in [-0.2, 0) is 4.79 Å². The zero-order valence-electron chi connectivity index (χ0n) is 16.4. The van der Waals surface area contributed by atoms with Crippen LogP contribution in [0.25, 0.3) is 17.1 Å². The Morgan fingerprint density at radius 1 is 1.19 bits per heavy atom. The minimum atomic E-state index is -0.576. The molecule has 4 rings (SSSR count). The van der Waals surface area contributed by atoms with Crippen LogP contribution in [0.2, 0.25) is 0 Å². The number of tetrazole rings is 1. The van der Waals surface area contributed by atoms with Crippen LogP contribution in [-0.4, -0.2) is 49.2 Å². The molecule has 0 saturated carbocycles. The van der Waals surface area contributed by atoms with Gasteiger partial charge in [-0.05, 0) is 59.8 Å². The number of ether oxygens (including phenoxy) is 1. The molecule has 2 heterocycles. The lowest BCUT2D eigenvalue weighted by atomic mass is 10.2. The van der Waals surface area contributed by atoms with Crippen molar-refractivity contribution in [3.05, 3.63) is 54.1 Å². The summed E-state index contributed by atoms with van der Waals surface area (Å²) in [6.45, 7) is 1.71. The molecule has 10 nitrogen and oxygen atoms in total. The molecule has 0 atom stereocenters. The lowest BCUT2D eigenvalue weighted by Crippen LogP contribution is -2.15. The molecule has 0 radical (unpaired) electrons. The lowest BCUT2D eigenvalue weighted by molar-refractivity contribution is -0.113. The van der Waals surface area contributed by atoms with Crippen molar-refractivity contribution in [1.29, 1.82) is 0 Å². The van der Waals surface area contributed by atoms with Gasteiger partial charge in [-0.3, -0.25) is 4.79 Å². The van der Waals surface area contributed by atoms with Crippen LogP contribution >= 0.6 is 11.8 Å². The van der Waals surface area contributed by atoms with E-state index in [0.29, 0.717) is 23.2 Å². The van der Waals surface area contributed by atoms with E-state index in [-0.39, 0.29) is 16.7 Å². The maximum atomic E-state index is 14.1. The van der Waals surface area contributed by atoms with Gasteiger partial charge in [0.1, 0.15) is 11.6 Å². The highest BCUT2D eigenvalue weighted by atomic mass is 32.2. The zero-order valence-corrected chi connectivity index (χ0v) is 17.3. The molecule has 2 aromatic heterocycles. The SMILES string of the molecule is COc1ccc(-c2nnc(SCC(=O)Nc3cc(-n4nnnc4C)ccc3F)o2)cc1. The van der Waals surface area contributed by atoms with Crippen LogP contribution < -0.4 is 10.1 Å². The van der Waals surface area contributed by atoms with Crippen molar-refractivity contribution in [3.8, 4) is 22.9 Å². The Balaban J connectivity index is 1.39. The molecule has 4 aromatic rings. The van der Waals surface area contributed by atoms with Gasteiger partial charge in [0.15, 0.2) is 5.82 Å². The maximum absolute atomic E-state index is 14.1. The van der Waals surface area contributed by atoms with E-state index in [9.17, 15) is 9.18 Å². The van der Waals surface area contributed by atoms with Crippen LogP contribution in [0.3, 0.4) is 0 Å². The fourth-order valence-corrected chi connectivity index (χ4v) is 3.21. The van der Waals surface area contributed by atoms with Crippen LogP contribution in [0.5, 0.6) is 5.75 Å². The van der Waals surface area contributed by atoms with Gasteiger partial charge in [-0.25, -0.2) is 4.39 Å². The van der Waals surface area contributed by atoms with Crippen LogP contribution in [0, 0.1) is 12.7 Å². The average molecular weight is 441 g/mol. The van der Waals surface area contributed by atoms with Crippen molar-refractivity contribution >= 4 is 23.4 Å². The Morgan fingerprint density at radius 2 is 2.00 bits per heavy atom.